The summed E-state index contributed by atoms with van der Waals surface area (Å²) in [5.74, 6) is 0. The van der Waals surface area contributed by atoms with Crippen molar-refractivity contribution in [3.05, 3.63) is 0 Å². The van der Waals surface area contributed by atoms with Crippen molar-refractivity contribution >= 4 is 28.7 Å². The number of aliphatic hydroxyl groups excluding tert-OH is 1. The van der Waals surface area contributed by atoms with Gasteiger partial charge in [0.2, 0.25) is 0 Å². The van der Waals surface area contributed by atoms with Crippen molar-refractivity contribution in [1.29, 1.82) is 0 Å². The second-order valence-electron chi connectivity index (χ2n) is 1.90. The van der Waals surface area contributed by atoms with E-state index in [9.17, 15) is 4.79 Å². The molecular formula is C5H7IO4. The fourth-order valence-electron chi connectivity index (χ4n) is 0.712. The molecular weight excluding hydrogens is 251 g/mol. The maximum absolute atomic E-state index is 10.4. The minimum atomic E-state index is -0.680. The quantitative estimate of drug-likeness (QED) is 0.440. The van der Waals surface area contributed by atoms with Gasteiger partial charge in [0.25, 0.3) is 0 Å². The summed E-state index contributed by atoms with van der Waals surface area (Å²) >= 11 is 2.07. The van der Waals surface area contributed by atoms with Crippen LogP contribution in [0.4, 0.5) is 4.79 Å². The number of carbonyl (C=O) groups is 1. The summed E-state index contributed by atoms with van der Waals surface area (Å²) in [5.41, 5.74) is 0. The molecule has 1 N–H and O–H groups in total. The van der Waals surface area contributed by atoms with Crippen molar-refractivity contribution in [2.75, 3.05) is 11.0 Å². The van der Waals surface area contributed by atoms with Crippen molar-refractivity contribution in [1.82, 2.24) is 0 Å². The molecule has 1 fully saturated rings. The number of cyclic esters (lactones) is 2. The summed E-state index contributed by atoms with van der Waals surface area (Å²) in [6.07, 6.45) is -1.43. The lowest BCUT2D eigenvalue weighted by Crippen LogP contribution is -2.27. The molecule has 0 saturated carbocycles. The van der Waals surface area contributed by atoms with Crippen LogP contribution in [0.15, 0.2) is 0 Å². The number of aliphatic hydroxyl groups is 1. The van der Waals surface area contributed by atoms with Crippen molar-refractivity contribution in [2.24, 2.45) is 0 Å². The van der Waals surface area contributed by atoms with Gasteiger partial charge in [-0.25, -0.2) is 4.79 Å². The molecule has 1 heterocycles. The zero-order chi connectivity index (χ0) is 7.56. The van der Waals surface area contributed by atoms with Crippen LogP contribution in [0.3, 0.4) is 0 Å². The van der Waals surface area contributed by atoms with Gasteiger partial charge in [0, 0.05) is 4.43 Å². The van der Waals surface area contributed by atoms with Crippen LogP contribution in [-0.2, 0) is 9.47 Å². The van der Waals surface area contributed by atoms with E-state index in [1.54, 1.807) is 0 Å². The Hall–Kier alpha value is -0.0400. The lowest BCUT2D eigenvalue weighted by molar-refractivity contribution is 0.0863. The smallest absolute Gasteiger partial charge is 0.426 e. The van der Waals surface area contributed by atoms with Gasteiger partial charge in [0.1, 0.15) is 0 Å². The highest BCUT2D eigenvalue weighted by molar-refractivity contribution is 14.1. The number of rotatable bonds is 2. The van der Waals surface area contributed by atoms with E-state index in [-0.39, 0.29) is 12.7 Å². The number of ether oxygens (including phenoxy) is 2. The van der Waals surface area contributed by atoms with Crippen molar-refractivity contribution < 1.29 is 19.4 Å². The Kier molecular flexibility index (Phi) is 2.72. The molecule has 4 nitrogen and oxygen atoms in total. The predicted molar refractivity (Wildman–Crippen MR) is 41.1 cm³/mol. The second kappa shape index (κ2) is 3.38. The van der Waals surface area contributed by atoms with Gasteiger partial charge in [-0.2, -0.15) is 0 Å². The van der Waals surface area contributed by atoms with E-state index >= 15 is 0 Å². The first kappa shape index (κ1) is 8.06. The van der Waals surface area contributed by atoms with E-state index in [1.165, 1.54) is 0 Å². The predicted octanol–water partition coefficient (Wildman–Crippen LogP) is 0.318. The maximum Gasteiger partial charge on any atom is 0.509 e. The number of hydrogen-bond acceptors (Lipinski definition) is 4. The first-order valence-electron chi connectivity index (χ1n) is 2.82. The molecule has 10 heavy (non-hydrogen) atoms. The molecule has 2 atom stereocenters. The standard InChI is InChI=1S/C5H7IO4/c6-1-3-4(2-7)10-5(8)9-3/h3-4,7H,1-2H2. The summed E-state index contributed by atoms with van der Waals surface area (Å²) in [4.78, 5) is 10.4. The van der Waals surface area contributed by atoms with Crippen LogP contribution in [0.1, 0.15) is 0 Å². The Morgan fingerprint density at radius 3 is 2.50 bits per heavy atom. The van der Waals surface area contributed by atoms with Gasteiger partial charge >= 0.3 is 6.16 Å². The van der Waals surface area contributed by atoms with Gasteiger partial charge in [-0.15, -0.1) is 0 Å². The van der Waals surface area contributed by atoms with Crippen LogP contribution in [0, 0.1) is 0 Å². The van der Waals surface area contributed by atoms with Crippen LogP contribution in [-0.4, -0.2) is 34.5 Å². The van der Waals surface area contributed by atoms with Gasteiger partial charge in [-0.1, -0.05) is 22.6 Å². The van der Waals surface area contributed by atoms with Gasteiger partial charge in [0.05, 0.1) is 6.61 Å². The molecule has 0 radical (unpaired) electrons. The first-order valence-corrected chi connectivity index (χ1v) is 4.34. The van der Waals surface area contributed by atoms with Crippen molar-refractivity contribution in [3.63, 3.8) is 0 Å². The third-order valence-electron chi connectivity index (χ3n) is 1.24. The highest BCUT2D eigenvalue weighted by Crippen LogP contribution is 2.16. The van der Waals surface area contributed by atoms with Crippen molar-refractivity contribution in [2.45, 2.75) is 12.2 Å². The highest BCUT2D eigenvalue weighted by atomic mass is 127. The number of carbonyl (C=O) groups excluding carboxylic acids is 1. The lowest BCUT2D eigenvalue weighted by atomic mass is 10.2. The monoisotopic (exact) mass is 258 g/mol. The average Bonchev–Trinajstić information content (AvgIpc) is 2.30. The molecule has 2 unspecified atom stereocenters. The third kappa shape index (κ3) is 1.51. The molecule has 0 spiro atoms. The number of halogens is 1. The van der Waals surface area contributed by atoms with E-state index in [0.29, 0.717) is 4.43 Å². The molecule has 1 saturated heterocycles. The van der Waals surface area contributed by atoms with E-state index < -0.39 is 12.3 Å². The largest absolute Gasteiger partial charge is 0.509 e. The molecule has 1 rings (SSSR count). The average molecular weight is 258 g/mol. The Labute approximate surface area is 71.6 Å². The summed E-state index contributed by atoms with van der Waals surface area (Å²) in [6.45, 7) is -0.167. The van der Waals surface area contributed by atoms with E-state index in [2.05, 4.69) is 32.1 Å². The highest BCUT2D eigenvalue weighted by Gasteiger charge is 2.34. The van der Waals surface area contributed by atoms with Crippen LogP contribution < -0.4 is 0 Å². The van der Waals surface area contributed by atoms with Gasteiger partial charge in [-0.3, -0.25) is 0 Å². The fraction of sp³-hybridized carbons (Fsp3) is 0.800. The summed E-state index contributed by atoms with van der Waals surface area (Å²) < 4.78 is 9.93. The van der Waals surface area contributed by atoms with E-state index in [0.717, 1.165) is 0 Å². The Morgan fingerprint density at radius 2 is 2.10 bits per heavy atom. The van der Waals surface area contributed by atoms with Gasteiger partial charge in [0.15, 0.2) is 12.2 Å². The molecule has 58 valence electrons. The molecule has 0 bridgehead atoms. The number of hydrogen-bond donors (Lipinski definition) is 1. The lowest BCUT2D eigenvalue weighted by Gasteiger charge is -2.07. The van der Waals surface area contributed by atoms with Gasteiger partial charge in [-0.05, 0) is 0 Å². The Morgan fingerprint density at radius 1 is 1.50 bits per heavy atom. The Balaban J connectivity index is 2.48. The molecule has 0 aromatic heterocycles. The second-order valence-corrected chi connectivity index (χ2v) is 2.78. The minimum Gasteiger partial charge on any atom is -0.426 e. The Bertz CT molecular complexity index is 124. The molecule has 1 aliphatic heterocycles. The first-order chi connectivity index (χ1) is 4.77. The van der Waals surface area contributed by atoms with Crippen LogP contribution in [0.25, 0.3) is 0 Å². The molecule has 0 aromatic rings. The maximum atomic E-state index is 10.4. The molecule has 0 amide bonds. The molecule has 0 aliphatic carbocycles. The molecule has 0 aromatic carbocycles. The SMILES string of the molecule is O=C1OC(CO)C(CI)O1. The summed E-state index contributed by atoms with van der Waals surface area (Å²) in [7, 11) is 0. The van der Waals surface area contributed by atoms with Crippen molar-refractivity contribution in [3.8, 4) is 0 Å². The van der Waals surface area contributed by atoms with Gasteiger partial charge < -0.3 is 14.6 Å². The number of alkyl halides is 1. The normalized spacial score (nSPS) is 31.6. The zero-order valence-corrected chi connectivity index (χ0v) is 7.28. The minimum absolute atomic E-state index is 0.167. The topological polar surface area (TPSA) is 55.8 Å². The summed E-state index contributed by atoms with van der Waals surface area (Å²) in [5, 5.41) is 8.62. The fourth-order valence-corrected chi connectivity index (χ4v) is 1.46. The molecule has 1 aliphatic rings. The zero-order valence-electron chi connectivity index (χ0n) is 5.12. The van der Waals surface area contributed by atoms with Crippen LogP contribution >= 0.6 is 22.6 Å². The van der Waals surface area contributed by atoms with Crippen LogP contribution in [0.2, 0.25) is 0 Å². The van der Waals surface area contributed by atoms with E-state index in [4.69, 9.17) is 5.11 Å². The van der Waals surface area contributed by atoms with Crippen LogP contribution in [0.5, 0.6) is 0 Å². The molecule has 5 heteroatoms. The third-order valence-corrected chi connectivity index (χ3v) is 2.11. The van der Waals surface area contributed by atoms with E-state index in [1.807, 2.05) is 0 Å². The summed E-state index contributed by atoms with van der Waals surface area (Å²) in [6, 6.07) is 0.